The number of hydrogen-bond acceptors (Lipinski definition) is 17. The van der Waals surface area contributed by atoms with Crippen LogP contribution in [0.2, 0.25) is 0 Å². The molecule has 0 radical (unpaired) electrons. The minimum atomic E-state index is -4.69. The van der Waals surface area contributed by atoms with Crippen molar-refractivity contribution in [3.63, 3.8) is 0 Å². The summed E-state index contributed by atoms with van der Waals surface area (Å²) in [6.07, 6.45) is 30.8. The van der Waals surface area contributed by atoms with E-state index < -0.39 is 41.0 Å². The van der Waals surface area contributed by atoms with Crippen LogP contribution in [0.25, 0.3) is 22.3 Å². The van der Waals surface area contributed by atoms with E-state index in [1.807, 2.05) is 14.1 Å². The van der Waals surface area contributed by atoms with E-state index in [0.717, 1.165) is 32.4 Å². The Bertz CT molecular complexity index is 1880. The molecule has 0 amide bonds. The molecule has 1 aromatic carbocycles. The second-order valence-electron chi connectivity index (χ2n) is 14.2. The van der Waals surface area contributed by atoms with Gasteiger partial charge in [0.1, 0.15) is 27.2 Å². The van der Waals surface area contributed by atoms with E-state index in [0.29, 0.717) is 6.61 Å². The number of pyridine rings is 4. The number of nitrogens with zero attached hydrogens (tertiary/aromatic N) is 4. The summed E-state index contributed by atoms with van der Waals surface area (Å²) in [7, 11) is -14.7. The molecule has 0 saturated carbocycles. The van der Waals surface area contributed by atoms with Gasteiger partial charge in [0.15, 0.2) is 49.6 Å². The third-order valence-corrected chi connectivity index (χ3v) is 8.70. The van der Waals surface area contributed by atoms with Gasteiger partial charge in [-0.2, -0.15) is 55.9 Å². The molecule has 0 saturated heterocycles. The van der Waals surface area contributed by atoms with Crippen molar-refractivity contribution < 1.29 is 139 Å². The summed E-state index contributed by atoms with van der Waals surface area (Å²) in [5.74, 6) is 0. The molecule has 67 heavy (non-hydrogen) atoms. The summed E-state index contributed by atoms with van der Waals surface area (Å²) in [5.41, 5.74) is 6.48. The van der Waals surface area contributed by atoms with Gasteiger partial charge in [-0.15, -0.1) is 0 Å². The lowest BCUT2D eigenvalue weighted by molar-refractivity contribution is -1.92. The molecule has 5 N–H and O–H groups in total. The maximum Gasteiger partial charge on any atom is 0.169 e. The number of aryl methyl sites for hydroxylation is 5. The van der Waals surface area contributed by atoms with Crippen molar-refractivity contribution in [3.05, 3.63) is 134 Å². The van der Waals surface area contributed by atoms with Crippen molar-refractivity contribution in [1.29, 1.82) is 0 Å². The third kappa shape index (κ3) is 45.8. The molecular weight excluding hydrogens is 974 g/mol. The number of aliphatic hydroxyl groups excluding tert-OH is 1. The van der Waals surface area contributed by atoms with Gasteiger partial charge in [0.05, 0.1) is 59.6 Å². The molecule has 0 fully saturated rings. The van der Waals surface area contributed by atoms with Crippen molar-refractivity contribution in [2.24, 2.45) is 14.1 Å². The highest BCUT2D eigenvalue weighted by molar-refractivity contribution is 5.61. The van der Waals surface area contributed by atoms with E-state index in [1.54, 1.807) is 0 Å². The number of aliphatic hydroxyl groups is 1. The zero-order valence-electron chi connectivity index (χ0n) is 37.0. The smallest absolute Gasteiger partial charge is 0.169 e. The maximum atomic E-state index is 8.74. The Kier molecular flexibility index (Phi) is 32.7. The maximum absolute atomic E-state index is 8.74. The molecule has 0 unspecified atom stereocenters. The van der Waals surface area contributed by atoms with Gasteiger partial charge in [0.2, 0.25) is 0 Å². The fraction of sp³-hybridized carbons (Fsp3) is 0.381. The average Bonchev–Trinajstić information content (AvgIpc) is 3.21. The summed E-state index contributed by atoms with van der Waals surface area (Å²) in [5, 5.41) is 8.74. The first-order valence-electron chi connectivity index (χ1n) is 20.2. The predicted molar refractivity (Wildman–Crippen MR) is 199 cm³/mol. The fourth-order valence-corrected chi connectivity index (χ4v) is 5.74. The van der Waals surface area contributed by atoms with Gasteiger partial charge in [-0.05, 0) is 47.1 Å². The van der Waals surface area contributed by atoms with E-state index in [9.17, 15) is 0 Å². The van der Waals surface area contributed by atoms with E-state index in [4.69, 9.17) is 79.7 Å². The lowest BCUT2D eigenvalue weighted by Gasteiger charge is -2.03. The zero-order chi connectivity index (χ0) is 50.9. The van der Waals surface area contributed by atoms with Crippen LogP contribution in [0.4, 0.5) is 0 Å². The number of unbranched alkanes of at least 4 members (excludes halogenated alkanes) is 8. The summed E-state index contributed by atoms with van der Waals surface area (Å²) in [4.78, 5) is 0. The molecule has 25 heteroatoms. The first-order chi connectivity index (χ1) is 31.1. The number of hydrogen-bond donors (Lipinski definition) is 5. The highest BCUT2D eigenvalue weighted by Gasteiger charge is 2.07. The monoisotopic (exact) mass is 1030 g/mol. The summed E-state index contributed by atoms with van der Waals surface area (Å²) in [6.45, 7) is 2.52. The Hall–Kier alpha value is -3.70. The van der Waals surface area contributed by atoms with Gasteiger partial charge in [0, 0.05) is 68.0 Å². The van der Waals surface area contributed by atoms with E-state index in [2.05, 4.69) is 147 Å². The SMILES string of the molecule is C[n+]1ccc(-c2cc[n+](CCCCCCCCCCCO)cc2)cc1.C[n+]1ccc(-c2cc[n+](CCCc3ccccc3)cc2)cc1.[O-][Cl+3]([O-])([O-])O.[O-][Cl+3]([O-])([O-])O.[O-][Cl+3]([O-])([O-])O.[O-][Cl+3]([O-])([O-])O. The van der Waals surface area contributed by atoms with Crippen molar-refractivity contribution in [1.82, 2.24) is 0 Å². The van der Waals surface area contributed by atoms with Crippen LogP contribution in [-0.2, 0) is 33.6 Å². The minimum absolute atomic E-state index is 0.350. The molecule has 0 aliphatic rings. The average molecular weight is 1030 g/mol. The molecular formula is C42H60Cl4N4O17+4. The first-order valence-corrected chi connectivity index (χ1v) is 25.2. The molecule has 374 valence electrons. The van der Waals surface area contributed by atoms with Crippen LogP contribution in [-0.4, -0.2) is 30.3 Å². The minimum Gasteiger partial charge on any atom is -0.396 e. The molecule has 4 heterocycles. The van der Waals surface area contributed by atoms with Crippen LogP contribution in [0.1, 0.15) is 69.8 Å². The van der Waals surface area contributed by atoms with Crippen LogP contribution >= 0.6 is 0 Å². The molecule has 5 aromatic rings. The Morgan fingerprint density at radius 1 is 0.358 bits per heavy atom. The van der Waals surface area contributed by atoms with Crippen molar-refractivity contribution in [3.8, 4) is 22.3 Å². The molecule has 0 spiro atoms. The molecule has 0 aliphatic carbocycles. The van der Waals surface area contributed by atoms with Crippen LogP contribution < -0.4 is 74.2 Å². The predicted octanol–water partition coefficient (Wildman–Crippen LogP) is -9.43. The second kappa shape index (κ2) is 34.6. The van der Waals surface area contributed by atoms with Gasteiger partial charge in [-0.3, -0.25) is 0 Å². The first kappa shape index (κ1) is 63.3. The summed E-state index contributed by atoms with van der Waals surface area (Å²) >= 11 is 0. The summed E-state index contributed by atoms with van der Waals surface area (Å²) < 4.78 is 140. The Balaban J connectivity index is 0.000000931. The Morgan fingerprint density at radius 2 is 0.612 bits per heavy atom. The van der Waals surface area contributed by atoms with Crippen molar-refractivity contribution in [2.45, 2.75) is 83.7 Å². The van der Waals surface area contributed by atoms with Crippen LogP contribution in [0.5, 0.6) is 0 Å². The van der Waals surface area contributed by atoms with Gasteiger partial charge < -0.3 is 5.11 Å². The van der Waals surface area contributed by atoms with E-state index in [-0.39, 0.29) is 0 Å². The van der Waals surface area contributed by atoms with Crippen LogP contribution in [0.15, 0.2) is 128 Å². The number of halogens is 4. The highest BCUT2D eigenvalue weighted by Crippen LogP contribution is 2.17. The third-order valence-electron chi connectivity index (χ3n) is 8.70. The fourth-order valence-electron chi connectivity index (χ4n) is 5.74. The van der Waals surface area contributed by atoms with Crippen LogP contribution in [0.3, 0.4) is 0 Å². The Labute approximate surface area is 398 Å². The second-order valence-corrected chi connectivity index (χ2v) is 17.4. The van der Waals surface area contributed by atoms with Crippen molar-refractivity contribution in [2.75, 3.05) is 6.61 Å². The van der Waals surface area contributed by atoms with Gasteiger partial charge in [-0.1, -0.05) is 68.9 Å². The van der Waals surface area contributed by atoms with Crippen LogP contribution in [0, 0.1) is 41.0 Å². The molecule has 0 aliphatic heterocycles. The summed E-state index contributed by atoms with van der Waals surface area (Å²) in [6, 6.07) is 28.1. The topological polar surface area (TPSA) is 393 Å². The number of aromatic nitrogens is 4. The van der Waals surface area contributed by atoms with Gasteiger partial charge in [-0.25, -0.2) is 18.3 Å². The lowest BCUT2D eigenvalue weighted by Crippen LogP contribution is -2.58. The molecule has 0 bridgehead atoms. The van der Waals surface area contributed by atoms with Crippen molar-refractivity contribution >= 4 is 0 Å². The van der Waals surface area contributed by atoms with Gasteiger partial charge >= 0.3 is 0 Å². The molecule has 0 atom stereocenters. The van der Waals surface area contributed by atoms with Gasteiger partial charge in [0.25, 0.3) is 0 Å². The zero-order valence-corrected chi connectivity index (χ0v) is 40.0. The standard InChI is InChI=1S/C22H34N2O.C20H22N2.4ClHO4/c1-23-16-11-21(12-17-23)22-13-18-24(19-14-22)15-9-7-5-3-2-4-6-8-10-20-25;1-21-14-9-19(10-15-21)20-11-16-22(17-12-20)13-5-8-18-6-3-2-4-7-18;4*2-1(3,4)5/h11-14,16-19,25H,2-10,15,20H2,1H3;2-4,6-7,9-12,14-17H,5,8,13H2,1H3;4*(H,2,3,4,5)/q2*+2;;;;. The quantitative estimate of drug-likeness (QED) is 0.0426. The largest absolute Gasteiger partial charge is 0.396 e. The molecule has 4 aromatic heterocycles. The van der Waals surface area contributed by atoms with E-state index in [1.165, 1.54) is 79.2 Å². The molecule has 21 nitrogen and oxygen atoms in total. The lowest BCUT2D eigenvalue weighted by atomic mass is 10.1. The normalized spacial score (nSPS) is 11.1. The Morgan fingerprint density at radius 3 is 0.910 bits per heavy atom. The number of rotatable bonds is 17. The number of benzene rings is 1. The highest BCUT2D eigenvalue weighted by atomic mass is 35.7. The van der Waals surface area contributed by atoms with E-state index >= 15 is 0 Å². The molecule has 5 rings (SSSR count).